The summed E-state index contributed by atoms with van der Waals surface area (Å²) in [5.41, 5.74) is 0.0753. The van der Waals surface area contributed by atoms with Crippen LogP contribution in [0.25, 0.3) is 0 Å². The molecule has 20 heavy (non-hydrogen) atoms. The topological polar surface area (TPSA) is 55.4 Å². The fraction of sp³-hybridized carbons (Fsp3) is 0.467. The van der Waals surface area contributed by atoms with Gasteiger partial charge in [-0.05, 0) is 30.5 Å². The van der Waals surface area contributed by atoms with E-state index in [4.69, 9.17) is 4.74 Å². The number of nitrogens with one attached hydrogen (secondary N) is 1. The minimum Gasteiger partial charge on any atom is -0.381 e. The first-order chi connectivity index (χ1) is 9.61. The maximum Gasteiger partial charge on any atom is 0.234 e. The van der Waals surface area contributed by atoms with Gasteiger partial charge in [-0.15, -0.1) is 0 Å². The van der Waals surface area contributed by atoms with Gasteiger partial charge in [0, 0.05) is 18.4 Å². The molecule has 4 nitrogen and oxygen atoms in total. The van der Waals surface area contributed by atoms with Crippen molar-refractivity contribution >= 4 is 11.8 Å². The minimum absolute atomic E-state index is 0.250. The fourth-order valence-electron chi connectivity index (χ4n) is 3.39. The molecular formula is C15H16FNO3. The highest BCUT2D eigenvalue weighted by Gasteiger charge is 2.50. The van der Waals surface area contributed by atoms with Gasteiger partial charge in [-0.2, -0.15) is 0 Å². The van der Waals surface area contributed by atoms with Crippen LogP contribution in [0.4, 0.5) is 4.39 Å². The van der Waals surface area contributed by atoms with Gasteiger partial charge < -0.3 is 4.74 Å². The molecule has 2 atom stereocenters. The zero-order valence-electron chi connectivity index (χ0n) is 11.0. The van der Waals surface area contributed by atoms with Crippen LogP contribution in [-0.2, 0) is 14.3 Å². The molecule has 2 fully saturated rings. The molecule has 5 heteroatoms. The van der Waals surface area contributed by atoms with Gasteiger partial charge in [0.05, 0.1) is 12.5 Å². The monoisotopic (exact) mass is 277 g/mol. The summed E-state index contributed by atoms with van der Waals surface area (Å²) in [7, 11) is 0. The third-order valence-electron chi connectivity index (χ3n) is 4.18. The van der Waals surface area contributed by atoms with Gasteiger partial charge in [-0.1, -0.05) is 12.1 Å². The molecule has 1 N–H and O–H groups in total. The number of piperidine rings is 1. The van der Waals surface area contributed by atoms with Crippen molar-refractivity contribution in [1.82, 2.24) is 5.32 Å². The number of carbonyl (C=O) groups excluding carboxylic acids is 2. The molecule has 0 bridgehead atoms. The van der Waals surface area contributed by atoms with Crippen LogP contribution in [0.15, 0.2) is 24.3 Å². The van der Waals surface area contributed by atoms with E-state index in [2.05, 4.69) is 5.32 Å². The maximum absolute atomic E-state index is 13.5. The molecule has 106 valence electrons. The number of hydrogen-bond donors (Lipinski definition) is 1. The van der Waals surface area contributed by atoms with Crippen molar-refractivity contribution in [2.75, 3.05) is 13.2 Å². The smallest absolute Gasteiger partial charge is 0.234 e. The summed E-state index contributed by atoms with van der Waals surface area (Å²) >= 11 is 0. The fourth-order valence-corrected chi connectivity index (χ4v) is 3.39. The first-order valence-corrected chi connectivity index (χ1v) is 6.78. The van der Waals surface area contributed by atoms with Crippen LogP contribution in [0.1, 0.15) is 30.7 Å². The molecule has 2 aliphatic rings. The minimum atomic E-state index is -0.536. The van der Waals surface area contributed by atoms with Crippen LogP contribution in [0.3, 0.4) is 0 Å². The van der Waals surface area contributed by atoms with Gasteiger partial charge in [0.1, 0.15) is 5.82 Å². The van der Waals surface area contributed by atoms with E-state index >= 15 is 0 Å². The molecule has 1 aromatic carbocycles. The lowest BCUT2D eigenvalue weighted by molar-refractivity contribution is -0.146. The standard InChI is InChI=1S/C15H16FNO3/c16-11-4-1-3-10(7-11)13-14(19)17-12(18)8-15(13)5-2-6-20-9-15/h1,3-4,7,13H,2,5-6,8-9H2,(H,17,18,19). The van der Waals surface area contributed by atoms with Gasteiger partial charge in [0.2, 0.25) is 11.8 Å². The third-order valence-corrected chi connectivity index (χ3v) is 4.18. The van der Waals surface area contributed by atoms with Gasteiger partial charge in [0.15, 0.2) is 0 Å². The van der Waals surface area contributed by atoms with E-state index in [1.807, 2.05) is 0 Å². The second kappa shape index (κ2) is 4.98. The molecule has 1 aromatic rings. The van der Waals surface area contributed by atoms with E-state index in [0.717, 1.165) is 12.8 Å². The lowest BCUT2D eigenvalue weighted by Gasteiger charge is -2.44. The quantitative estimate of drug-likeness (QED) is 0.796. The van der Waals surface area contributed by atoms with E-state index in [1.165, 1.54) is 12.1 Å². The molecule has 0 aliphatic carbocycles. The Balaban J connectivity index is 2.03. The average Bonchev–Trinajstić information content (AvgIpc) is 2.38. The Labute approximate surface area is 116 Å². The zero-order valence-corrected chi connectivity index (χ0v) is 11.0. The molecule has 2 saturated heterocycles. The highest BCUT2D eigenvalue weighted by Crippen LogP contribution is 2.47. The lowest BCUT2D eigenvalue weighted by Crippen LogP contribution is -2.53. The van der Waals surface area contributed by atoms with Crippen molar-refractivity contribution in [3.8, 4) is 0 Å². The van der Waals surface area contributed by atoms with Crippen LogP contribution in [-0.4, -0.2) is 25.0 Å². The molecule has 0 aromatic heterocycles. The summed E-state index contributed by atoms with van der Waals surface area (Å²) in [4.78, 5) is 24.0. The van der Waals surface area contributed by atoms with Gasteiger partial charge >= 0.3 is 0 Å². The van der Waals surface area contributed by atoms with Crippen molar-refractivity contribution in [2.45, 2.75) is 25.2 Å². The number of carbonyl (C=O) groups is 2. The summed E-state index contributed by atoms with van der Waals surface area (Å²) in [6, 6.07) is 6.04. The van der Waals surface area contributed by atoms with E-state index in [0.29, 0.717) is 18.8 Å². The summed E-state index contributed by atoms with van der Waals surface area (Å²) in [6.45, 7) is 1.01. The van der Waals surface area contributed by atoms with Crippen LogP contribution in [0, 0.1) is 11.2 Å². The van der Waals surface area contributed by atoms with E-state index in [-0.39, 0.29) is 24.1 Å². The van der Waals surface area contributed by atoms with Crippen LogP contribution >= 0.6 is 0 Å². The highest BCUT2D eigenvalue weighted by molar-refractivity contribution is 6.02. The Hall–Kier alpha value is -1.75. The maximum atomic E-state index is 13.5. The Kier molecular flexibility index (Phi) is 3.30. The van der Waals surface area contributed by atoms with Gasteiger partial charge in [-0.3, -0.25) is 14.9 Å². The third kappa shape index (κ3) is 2.22. The van der Waals surface area contributed by atoms with E-state index in [1.54, 1.807) is 12.1 Å². The molecule has 0 saturated carbocycles. The summed E-state index contributed by atoms with van der Waals surface area (Å²) in [5.74, 6) is -1.53. The number of rotatable bonds is 1. The molecule has 3 rings (SSSR count). The van der Waals surface area contributed by atoms with Crippen LogP contribution in [0.5, 0.6) is 0 Å². The number of halogens is 1. The van der Waals surface area contributed by atoms with Crippen LogP contribution < -0.4 is 5.32 Å². The normalized spacial score (nSPS) is 30.4. The van der Waals surface area contributed by atoms with Crippen LogP contribution in [0.2, 0.25) is 0 Å². The Morgan fingerprint density at radius 1 is 1.35 bits per heavy atom. The van der Waals surface area contributed by atoms with Gasteiger partial charge in [0.25, 0.3) is 0 Å². The number of ether oxygens (including phenoxy) is 1. The van der Waals surface area contributed by atoms with Crippen molar-refractivity contribution in [3.05, 3.63) is 35.6 Å². The summed E-state index contributed by atoms with van der Waals surface area (Å²) < 4.78 is 19.0. The molecule has 1 spiro atoms. The molecule has 2 unspecified atom stereocenters. The predicted molar refractivity (Wildman–Crippen MR) is 69.4 cm³/mol. The molecule has 2 heterocycles. The number of imide groups is 1. The average molecular weight is 277 g/mol. The predicted octanol–water partition coefficient (Wildman–Crippen LogP) is 1.75. The SMILES string of the molecule is O=C1CC2(CCCOC2)C(c2cccc(F)c2)C(=O)N1. The second-order valence-electron chi connectivity index (χ2n) is 5.60. The molecule has 0 radical (unpaired) electrons. The summed E-state index contributed by atoms with van der Waals surface area (Å²) in [6.07, 6.45) is 1.81. The first-order valence-electron chi connectivity index (χ1n) is 6.78. The van der Waals surface area contributed by atoms with Crippen molar-refractivity contribution in [3.63, 3.8) is 0 Å². The highest BCUT2D eigenvalue weighted by atomic mass is 19.1. The Morgan fingerprint density at radius 3 is 2.90 bits per heavy atom. The largest absolute Gasteiger partial charge is 0.381 e. The molecule has 2 amide bonds. The number of benzene rings is 1. The van der Waals surface area contributed by atoms with E-state index < -0.39 is 11.3 Å². The van der Waals surface area contributed by atoms with E-state index in [9.17, 15) is 14.0 Å². The van der Waals surface area contributed by atoms with Gasteiger partial charge in [-0.25, -0.2) is 4.39 Å². The van der Waals surface area contributed by atoms with Crippen molar-refractivity contribution in [2.24, 2.45) is 5.41 Å². The number of amides is 2. The molecular weight excluding hydrogens is 261 g/mol. The second-order valence-corrected chi connectivity index (χ2v) is 5.60. The first kappa shape index (κ1) is 13.2. The van der Waals surface area contributed by atoms with Crippen molar-refractivity contribution < 1.29 is 18.7 Å². The summed E-state index contributed by atoms with van der Waals surface area (Å²) in [5, 5.41) is 2.36. The Bertz CT molecular complexity index is 552. The lowest BCUT2D eigenvalue weighted by atomic mass is 9.64. The Morgan fingerprint density at radius 2 is 2.20 bits per heavy atom. The number of hydrogen-bond acceptors (Lipinski definition) is 3. The zero-order chi connectivity index (χ0) is 14.2. The molecule has 2 aliphatic heterocycles. The van der Waals surface area contributed by atoms with Crippen molar-refractivity contribution in [1.29, 1.82) is 0 Å².